The van der Waals surface area contributed by atoms with E-state index in [1.54, 1.807) is 26.4 Å². The van der Waals surface area contributed by atoms with Gasteiger partial charge in [0.15, 0.2) is 6.29 Å². The van der Waals surface area contributed by atoms with Crippen LogP contribution >= 0.6 is 0 Å². The number of hydrogen-bond donors (Lipinski definition) is 2. The molecule has 0 spiro atoms. The standard InChI is InChI=1S/C12H18N2O3.2C2H6/c1-8(9-5-13-7-14-9)10(16)4-12(2,3)11(17)6-15;2*1-2/h5-8,10,16H,4H2,1-3H3,(H,13,14);2*1-2H3. The smallest absolute Gasteiger partial charge is 0.200 e. The first-order valence-corrected chi connectivity index (χ1v) is 7.54. The Labute approximate surface area is 128 Å². The van der Waals surface area contributed by atoms with Crippen LogP contribution < -0.4 is 0 Å². The minimum atomic E-state index is -0.838. The molecule has 0 aliphatic rings. The van der Waals surface area contributed by atoms with Gasteiger partial charge in [-0.3, -0.25) is 9.59 Å². The van der Waals surface area contributed by atoms with Crippen LogP contribution in [-0.4, -0.2) is 33.2 Å². The Balaban J connectivity index is 0. The summed E-state index contributed by atoms with van der Waals surface area (Å²) in [5.74, 6) is -0.649. The lowest BCUT2D eigenvalue weighted by atomic mass is 9.79. The predicted octanol–water partition coefficient (Wildman–Crippen LogP) is 3.11. The Morgan fingerprint density at radius 3 is 2.29 bits per heavy atom. The number of aliphatic hydroxyl groups excluding tert-OH is 1. The van der Waals surface area contributed by atoms with Crippen molar-refractivity contribution < 1.29 is 14.7 Å². The van der Waals surface area contributed by atoms with Crippen LogP contribution in [0.4, 0.5) is 0 Å². The molecule has 21 heavy (non-hydrogen) atoms. The number of carbonyl (C=O) groups is 2. The summed E-state index contributed by atoms with van der Waals surface area (Å²) in [6, 6.07) is 0. The molecular weight excluding hydrogens is 268 g/mol. The molecule has 0 bridgehead atoms. The van der Waals surface area contributed by atoms with Gasteiger partial charge < -0.3 is 10.1 Å². The first kappa shape index (κ1) is 21.8. The summed E-state index contributed by atoms with van der Waals surface area (Å²) in [5, 5.41) is 10.1. The number of hydrogen-bond acceptors (Lipinski definition) is 4. The highest BCUT2D eigenvalue weighted by molar-refractivity contribution is 6.27. The molecule has 0 fully saturated rings. The van der Waals surface area contributed by atoms with Gasteiger partial charge in [-0.2, -0.15) is 0 Å². The number of carbonyl (C=O) groups excluding carboxylic acids is 2. The molecule has 0 aliphatic carbocycles. The largest absolute Gasteiger partial charge is 0.392 e. The van der Waals surface area contributed by atoms with E-state index in [4.69, 9.17) is 0 Å². The van der Waals surface area contributed by atoms with Crippen molar-refractivity contribution in [2.24, 2.45) is 5.41 Å². The van der Waals surface area contributed by atoms with E-state index in [1.165, 1.54) is 0 Å². The SMILES string of the molecule is CC.CC.CC(c1cnc[nH]1)C(O)CC(C)(C)C(=O)C=O. The Kier molecular flexibility index (Phi) is 11.6. The van der Waals surface area contributed by atoms with Crippen LogP contribution in [0.2, 0.25) is 0 Å². The molecule has 0 radical (unpaired) electrons. The van der Waals surface area contributed by atoms with Crippen LogP contribution in [0.25, 0.3) is 0 Å². The zero-order chi connectivity index (χ0) is 17.1. The summed E-state index contributed by atoms with van der Waals surface area (Å²) < 4.78 is 0. The number of H-pyrrole nitrogens is 1. The summed E-state index contributed by atoms with van der Waals surface area (Å²) >= 11 is 0. The fourth-order valence-corrected chi connectivity index (χ4v) is 1.68. The van der Waals surface area contributed by atoms with Gasteiger partial charge in [0.2, 0.25) is 5.78 Å². The highest BCUT2D eigenvalue weighted by Gasteiger charge is 2.32. The molecule has 2 unspecified atom stereocenters. The van der Waals surface area contributed by atoms with Gasteiger partial charge >= 0.3 is 0 Å². The van der Waals surface area contributed by atoms with E-state index in [0.29, 0.717) is 6.29 Å². The number of aromatic amines is 1. The van der Waals surface area contributed by atoms with Gasteiger partial charge in [0, 0.05) is 23.2 Å². The van der Waals surface area contributed by atoms with Gasteiger partial charge in [-0.1, -0.05) is 48.5 Å². The Bertz CT molecular complexity index is 386. The van der Waals surface area contributed by atoms with E-state index >= 15 is 0 Å². The minimum absolute atomic E-state index is 0.156. The van der Waals surface area contributed by atoms with E-state index < -0.39 is 17.3 Å². The van der Waals surface area contributed by atoms with Crippen molar-refractivity contribution in [1.82, 2.24) is 9.97 Å². The average molecular weight is 298 g/mol. The van der Waals surface area contributed by atoms with Crippen molar-refractivity contribution in [3.63, 3.8) is 0 Å². The van der Waals surface area contributed by atoms with Gasteiger partial charge in [-0.05, 0) is 6.42 Å². The fourth-order valence-electron chi connectivity index (χ4n) is 1.68. The van der Waals surface area contributed by atoms with Gasteiger partial charge in [-0.15, -0.1) is 0 Å². The topological polar surface area (TPSA) is 83.0 Å². The second-order valence-corrected chi connectivity index (χ2v) is 4.93. The van der Waals surface area contributed by atoms with Crippen molar-refractivity contribution in [2.75, 3.05) is 0 Å². The first-order chi connectivity index (χ1) is 9.88. The molecule has 0 saturated carbocycles. The van der Waals surface area contributed by atoms with Gasteiger partial charge in [0.25, 0.3) is 0 Å². The van der Waals surface area contributed by atoms with Crippen LogP contribution in [-0.2, 0) is 9.59 Å². The molecular formula is C16H30N2O3. The molecule has 1 heterocycles. The van der Waals surface area contributed by atoms with E-state index in [1.807, 2.05) is 34.6 Å². The number of rotatable bonds is 6. The van der Waals surface area contributed by atoms with Crippen LogP contribution in [0, 0.1) is 5.41 Å². The second kappa shape index (κ2) is 11.2. The van der Waals surface area contributed by atoms with E-state index in [-0.39, 0.29) is 12.3 Å². The highest BCUT2D eigenvalue weighted by Crippen LogP contribution is 2.29. The van der Waals surface area contributed by atoms with Crippen LogP contribution in [0.1, 0.15) is 66.5 Å². The van der Waals surface area contributed by atoms with Crippen LogP contribution in [0.5, 0.6) is 0 Å². The van der Waals surface area contributed by atoms with Crippen molar-refractivity contribution in [2.45, 2.75) is 66.9 Å². The summed E-state index contributed by atoms with van der Waals surface area (Å²) in [6.45, 7) is 13.2. The molecule has 1 aromatic rings. The number of aliphatic hydroxyl groups is 1. The number of nitrogens with zero attached hydrogens (tertiary/aromatic N) is 1. The van der Waals surface area contributed by atoms with Crippen molar-refractivity contribution in [3.8, 4) is 0 Å². The quantitative estimate of drug-likeness (QED) is 0.624. The van der Waals surface area contributed by atoms with E-state index in [9.17, 15) is 14.7 Å². The molecule has 2 atom stereocenters. The normalized spacial score (nSPS) is 13.0. The average Bonchev–Trinajstić information content (AvgIpc) is 3.03. The molecule has 1 rings (SSSR count). The third kappa shape index (κ3) is 7.18. The first-order valence-electron chi connectivity index (χ1n) is 7.54. The maximum atomic E-state index is 11.4. The van der Waals surface area contributed by atoms with Crippen molar-refractivity contribution in [3.05, 3.63) is 18.2 Å². The lowest BCUT2D eigenvalue weighted by Crippen LogP contribution is -2.32. The van der Waals surface area contributed by atoms with Crippen LogP contribution in [0.3, 0.4) is 0 Å². The zero-order valence-corrected chi connectivity index (χ0v) is 14.3. The summed E-state index contributed by atoms with van der Waals surface area (Å²) in [4.78, 5) is 28.7. The third-order valence-electron chi connectivity index (χ3n) is 3.08. The Hall–Kier alpha value is -1.49. The van der Waals surface area contributed by atoms with E-state index in [2.05, 4.69) is 9.97 Å². The van der Waals surface area contributed by atoms with Gasteiger partial charge in [0.1, 0.15) is 0 Å². The number of Topliss-reactive ketones (excluding diaryl/α,β-unsaturated/α-hetero) is 1. The maximum Gasteiger partial charge on any atom is 0.200 e. The molecule has 2 N–H and O–H groups in total. The number of nitrogens with one attached hydrogen (secondary N) is 1. The molecule has 0 aromatic carbocycles. The Morgan fingerprint density at radius 2 is 1.90 bits per heavy atom. The Morgan fingerprint density at radius 1 is 1.38 bits per heavy atom. The predicted molar refractivity (Wildman–Crippen MR) is 85.2 cm³/mol. The molecule has 122 valence electrons. The summed E-state index contributed by atoms with van der Waals surface area (Å²) in [7, 11) is 0. The zero-order valence-electron chi connectivity index (χ0n) is 14.3. The van der Waals surface area contributed by atoms with Crippen LogP contribution in [0.15, 0.2) is 12.5 Å². The van der Waals surface area contributed by atoms with Crippen molar-refractivity contribution in [1.29, 1.82) is 0 Å². The van der Waals surface area contributed by atoms with Crippen molar-refractivity contribution >= 4 is 12.1 Å². The molecule has 1 aromatic heterocycles. The molecule has 0 amide bonds. The highest BCUT2D eigenvalue weighted by atomic mass is 16.3. The summed E-state index contributed by atoms with van der Waals surface area (Å²) in [6.07, 6.45) is 3.04. The number of aldehydes is 1. The number of ketones is 1. The molecule has 0 aliphatic heterocycles. The number of imidazole rings is 1. The lowest BCUT2D eigenvalue weighted by molar-refractivity contribution is -0.136. The lowest BCUT2D eigenvalue weighted by Gasteiger charge is -2.26. The molecule has 5 nitrogen and oxygen atoms in total. The monoisotopic (exact) mass is 298 g/mol. The number of aromatic nitrogens is 2. The molecule has 0 saturated heterocycles. The summed E-state index contributed by atoms with van der Waals surface area (Å²) in [5.41, 5.74) is -0.0259. The van der Waals surface area contributed by atoms with Gasteiger partial charge in [-0.25, -0.2) is 4.98 Å². The second-order valence-electron chi connectivity index (χ2n) is 4.93. The van der Waals surface area contributed by atoms with Gasteiger partial charge in [0.05, 0.1) is 12.4 Å². The van der Waals surface area contributed by atoms with E-state index in [0.717, 1.165) is 5.69 Å². The maximum absolute atomic E-state index is 11.4. The minimum Gasteiger partial charge on any atom is -0.392 e. The third-order valence-corrected chi connectivity index (χ3v) is 3.08. The molecule has 5 heteroatoms. The fraction of sp³-hybridized carbons (Fsp3) is 0.688.